The highest BCUT2D eigenvalue weighted by atomic mass is 16.3. The lowest BCUT2D eigenvalue weighted by Gasteiger charge is -2.26. The maximum Gasteiger partial charge on any atom is 0.224 e. The summed E-state index contributed by atoms with van der Waals surface area (Å²) in [6.07, 6.45) is 6.84. The van der Waals surface area contributed by atoms with Crippen molar-refractivity contribution in [3.8, 4) is 5.75 Å². The van der Waals surface area contributed by atoms with Gasteiger partial charge in [0.15, 0.2) is 5.75 Å². The number of hydrogen-bond donors (Lipinski definition) is 1. The molecule has 88 valence electrons. The SMILES string of the molecule is O=C(CCn1cc(O)cn1)N1CCCCC1. The van der Waals surface area contributed by atoms with Gasteiger partial charge in [0, 0.05) is 26.1 Å². The quantitative estimate of drug-likeness (QED) is 0.831. The number of carbonyl (C=O) groups is 1. The Labute approximate surface area is 94.7 Å². The van der Waals surface area contributed by atoms with Gasteiger partial charge in [-0.25, -0.2) is 0 Å². The van der Waals surface area contributed by atoms with E-state index in [-0.39, 0.29) is 11.7 Å². The number of nitrogens with zero attached hydrogens (tertiary/aromatic N) is 3. The van der Waals surface area contributed by atoms with Crippen molar-refractivity contribution < 1.29 is 9.90 Å². The molecule has 1 aromatic heterocycles. The molecule has 1 aliphatic rings. The average Bonchev–Trinajstić information content (AvgIpc) is 2.73. The van der Waals surface area contributed by atoms with Crippen molar-refractivity contribution >= 4 is 5.91 Å². The first-order valence-electron chi connectivity index (χ1n) is 5.75. The molecule has 0 spiro atoms. The van der Waals surface area contributed by atoms with E-state index in [1.54, 1.807) is 4.68 Å². The van der Waals surface area contributed by atoms with Gasteiger partial charge >= 0.3 is 0 Å². The Bertz CT molecular complexity index is 356. The summed E-state index contributed by atoms with van der Waals surface area (Å²) >= 11 is 0. The molecule has 0 aromatic carbocycles. The van der Waals surface area contributed by atoms with E-state index in [9.17, 15) is 4.79 Å². The fourth-order valence-electron chi connectivity index (χ4n) is 1.99. The van der Waals surface area contributed by atoms with Gasteiger partial charge in [-0.05, 0) is 19.3 Å². The molecule has 16 heavy (non-hydrogen) atoms. The maximum absolute atomic E-state index is 11.8. The molecule has 1 fully saturated rings. The number of likely N-dealkylation sites (tertiary alicyclic amines) is 1. The zero-order chi connectivity index (χ0) is 11.4. The van der Waals surface area contributed by atoms with Gasteiger partial charge in [0.2, 0.25) is 5.91 Å². The van der Waals surface area contributed by atoms with Crippen LogP contribution in [-0.2, 0) is 11.3 Å². The molecule has 5 heteroatoms. The number of amides is 1. The van der Waals surface area contributed by atoms with E-state index in [1.807, 2.05) is 4.90 Å². The van der Waals surface area contributed by atoms with E-state index in [1.165, 1.54) is 18.8 Å². The van der Waals surface area contributed by atoms with Crippen molar-refractivity contribution in [2.45, 2.75) is 32.2 Å². The first-order valence-corrected chi connectivity index (χ1v) is 5.75. The summed E-state index contributed by atoms with van der Waals surface area (Å²) in [5, 5.41) is 13.0. The van der Waals surface area contributed by atoms with Crippen LogP contribution in [0.1, 0.15) is 25.7 Å². The molecule has 2 rings (SSSR count). The number of rotatable bonds is 3. The minimum Gasteiger partial charge on any atom is -0.505 e. The fraction of sp³-hybridized carbons (Fsp3) is 0.636. The lowest BCUT2D eigenvalue weighted by atomic mass is 10.1. The van der Waals surface area contributed by atoms with Crippen LogP contribution < -0.4 is 0 Å². The standard InChI is InChI=1S/C11H17N3O2/c15-10-8-12-14(9-10)7-4-11(16)13-5-2-1-3-6-13/h8-9,15H,1-7H2. The first-order chi connectivity index (χ1) is 7.75. The number of carbonyl (C=O) groups excluding carboxylic acids is 1. The highest BCUT2D eigenvalue weighted by molar-refractivity contribution is 5.76. The average molecular weight is 223 g/mol. The van der Waals surface area contributed by atoms with Crippen molar-refractivity contribution in [2.24, 2.45) is 0 Å². The van der Waals surface area contributed by atoms with Crippen molar-refractivity contribution in [1.82, 2.24) is 14.7 Å². The second-order valence-corrected chi connectivity index (χ2v) is 4.15. The van der Waals surface area contributed by atoms with Crippen molar-refractivity contribution in [3.63, 3.8) is 0 Å². The molecule has 0 aliphatic carbocycles. The largest absolute Gasteiger partial charge is 0.505 e. The highest BCUT2D eigenvalue weighted by Gasteiger charge is 2.15. The zero-order valence-corrected chi connectivity index (χ0v) is 9.30. The van der Waals surface area contributed by atoms with E-state index in [0.29, 0.717) is 13.0 Å². The summed E-state index contributed by atoms with van der Waals surface area (Å²) in [4.78, 5) is 13.7. The van der Waals surface area contributed by atoms with Gasteiger partial charge in [-0.2, -0.15) is 5.10 Å². The van der Waals surface area contributed by atoms with Crippen LogP contribution in [0.3, 0.4) is 0 Å². The Morgan fingerprint density at radius 2 is 2.12 bits per heavy atom. The van der Waals surface area contributed by atoms with Crippen LogP contribution in [0.2, 0.25) is 0 Å². The summed E-state index contributed by atoms with van der Waals surface area (Å²) in [7, 11) is 0. The lowest BCUT2D eigenvalue weighted by Crippen LogP contribution is -2.36. The summed E-state index contributed by atoms with van der Waals surface area (Å²) in [5.74, 6) is 0.333. The van der Waals surface area contributed by atoms with Crippen LogP contribution in [0, 0.1) is 0 Å². The molecule has 1 amide bonds. The van der Waals surface area contributed by atoms with Gasteiger partial charge in [0.1, 0.15) is 0 Å². The van der Waals surface area contributed by atoms with Crippen LogP contribution >= 0.6 is 0 Å². The Morgan fingerprint density at radius 3 is 2.75 bits per heavy atom. The van der Waals surface area contributed by atoms with Gasteiger partial charge in [0.05, 0.1) is 12.4 Å². The number of aromatic hydroxyl groups is 1. The van der Waals surface area contributed by atoms with Crippen molar-refractivity contribution in [1.29, 1.82) is 0 Å². The van der Waals surface area contributed by atoms with Crippen molar-refractivity contribution in [2.75, 3.05) is 13.1 Å². The predicted octanol–water partition coefficient (Wildman–Crippen LogP) is 0.991. The summed E-state index contributed by atoms with van der Waals surface area (Å²) < 4.78 is 1.59. The molecule has 0 radical (unpaired) electrons. The smallest absolute Gasteiger partial charge is 0.224 e. The molecule has 1 saturated heterocycles. The summed E-state index contributed by atoms with van der Waals surface area (Å²) in [6, 6.07) is 0. The lowest BCUT2D eigenvalue weighted by molar-refractivity contribution is -0.132. The molecular formula is C11H17N3O2. The monoisotopic (exact) mass is 223 g/mol. The fourth-order valence-corrected chi connectivity index (χ4v) is 1.99. The van der Waals surface area contributed by atoms with Crippen LogP contribution in [0.25, 0.3) is 0 Å². The van der Waals surface area contributed by atoms with E-state index in [4.69, 9.17) is 5.11 Å². The topological polar surface area (TPSA) is 58.4 Å². The third kappa shape index (κ3) is 2.74. The molecule has 1 aromatic rings. The maximum atomic E-state index is 11.8. The third-order valence-electron chi connectivity index (χ3n) is 2.88. The van der Waals surface area contributed by atoms with Gasteiger partial charge in [-0.1, -0.05) is 0 Å². The van der Waals surface area contributed by atoms with Gasteiger partial charge in [0.25, 0.3) is 0 Å². The zero-order valence-electron chi connectivity index (χ0n) is 9.30. The first kappa shape index (κ1) is 11.0. The van der Waals surface area contributed by atoms with Gasteiger partial charge in [-0.15, -0.1) is 0 Å². The number of aryl methyl sites for hydroxylation is 1. The predicted molar refractivity (Wildman–Crippen MR) is 58.9 cm³/mol. The van der Waals surface area contributed by atoms with E-state index in [0.717, 1.165) is 25.9 Å². The second kappa shape index (κ2) is 5.01. The van der Waals surface area contributed by atoms with E-state index in [2.05, 4.69) is 5.10 Å². The number of aromatic nitrogens is 2. The molecule has 5 nitrogen and oxygen atoms in total. The highest BCUT2D eigenvalue weighted by Crippen LogP contribution is 2.11. The Kier molecular flexibility index (Phi) is 3.44. The summed E-state index contributed by atoms with van der Waals surface area (Å²) in [6.45, 7) is 2.32. The molecule has 1 aliphatic heterocycles. The Hall–Kier alpha value is -1.52. The van der Waals surface area contributed by atoms with Crippen molar-refractivity contribution in [3.05, 3.63) is 12.4 Å². The third-order valence-corrected chi connectivity index (χ3v) is 2.88. The summed E-state index contributed by atoms with van der Waals surface area (Å²) in [5.41, 5.74) is 0. The number of hydrogen-bond acceptors (Lipinski definition) is 3. The molecule has 0 atom stereocenters. The second-order valence-electron chi connectivity index (χ2n) is 4.15. The van der Waals surface area contributed by atoms with E-state index >= 15 is 0 Å². The minimum atomic E-state index is 0.144. The van der Waals surface area contributed by atoms with E-state index < -0.39 is 0 Å². The molecule has 0 bridgehead atoms. The van der Waals surface area contributed by atoms with Crippen LogP contribution in [0.4, 0.5) is 0 Å². The Morgan fingerprint density at radius 1 is 1.38 bits per heavy atom. The van der Waals surface area contributed by atoms with Crippen LogP contribution in [0.15, 0.2) is 12.4 Å². The van der Waals surface area contributed by atoms with Gasteiger partial charge in [-0.3, -0.25) is 9.48 Å². The molecule has 2 heterocycles. The van der Waals surface area contributed by atoms with Crippen LogP contribution in [0.5, 0.6) is 5.75 Å². The molecular weight excluding hydrogens is 206 g/mol. The normalized spacial score (nSPS) is 16.4. The minimum absolute atomic E-state index is 0.144. The molecule has 1 N–H and O–H groups in total. The van der Waals surface area contributed by atoms with Gasteiger partial charge < -0.3 is 10.0 Å². The molecule has 0 saturated carbocycles. The van der Waals surface area contributed by atoms with Crippen LogP contribution in [-0.4, -0.2) is 38.8 Å². The Balaban J connectivity index is 1.78. The number of piperidine rings is 1. The molecule has 0 unspecified atom stereocenters.